The number of aliphatic carboxylic acids is 1. The van der Waals surface area contributed by atoms with E-state index in [1.165, 1.54) is 6.92 Å². The van der Waals surface area contributed by atoms with Gasteiger partial charge in [0.05, 0.1) is 12.1 Å². The number of rotatable bonds is 7. The van der Waals surface area contributed by atoms with Gasteiger partial charge in [0.1, 0.15) is 12.6 Å². The first-order valence-corrected chi connectivity index (χ1v) is 5.77. The Bertz CT molecular complexity index is 323. The molecule has 0 rings (SSSR count). The number of carbonyl (C=O) groups excluding carboxylic acids is 2. The first-order valence-electron chi connectivity index (χ1n) is 5.14. The zero-order valence-electron chi connectivity index (χ0n) is 9.79. The van der Waals surface area contributed by atoms with E-state index in [9.17, 15) is 19.5 Å². The van der Waals surface area contributed by atoms with E-state index >= 15 is 0 Å². The summed E-state index contributed by atoms with van der Waals surface area (Å²) in [4.78, 5) is 33.2. The van der Waals surface area contributed by atoms with Crippen molar-refractivity contribution in [1.29, 1.82) is 0 Å². The Morgan fingerprint density at radius 2 is 1.89 bits per heavy atom. The summed E-state index contributed by atoms with van der Waals surface area (Å²) in [5.74, 6) is -2.60. The van der Waals surface area contributed by atoms with E-state index in [2.05, 4.69) is 23.3 Å². The lowest BCUT2D eigenvalue weighted by atomic mass is 10.1. The van der Waals surface area contributed by atoms with Crippen molar-refractivity contribution in [2.75, 3.05) is 12.3 Å². The second kappa shape index (κ2) is 7.90. The number of amides is 2. The SMILES string of the molecule is CC(O)C(NC(=O)C(N)CS)C(=O)NCC(=O)O. The monoisotopic (exact) mass is 279 g/mol. The van der Waals surface area contributed by atoms with Gasteiger partial charge in [-0.05, 0) is 6.92 Å². The number of aliphatic hydroxyl groups excluding tert-OH is 1. The average molecular weight is 279 g/mol. The summed E-state index contributed by atoms with van der Waals surface area (Å²) in [6, 6.07) is -2.18. The fourth-order valence-corrected chi connectivity index (χ4v) is 1.19. The van der Waals surface area contributed by atoms with Gasteiger partial charge in [-0.2, -0.15) is 12.6 Å². The van der Waals surface area contributed by atoms with Crippen LogP contribution in [0.15, 0.2) is 0 Å². The second-order valence-corrected chi connectivity index (χ2v) is 3.99. The quantitative estimate of drug-likeness (QED) is 0.280. The van der Waals surface area contributed by atoms with Crippen molar-refractivity contribution >= 4 is 30.4 Å². The molecule has 8 nitrogen and oxygen atoms in total. The predicted octanol–water partition coefficient (Wildman–Crippen LogP) is -2.69. The number of carboxylic acids is 1. The van der Waals surface area contributed by atoms with Gasteiger partial charge in [-0.25, -0.2) is 0 Å². The molecule has 3 atom stereocenters. The molecule has 18 heavy (non-hydrogen) atoms. The molecule has 0 saturated carbocycles. The molecular weight excluding hydrogens is 262 g/mol. The first-order chi connectivity index (χ1) is 8.29. The molecule has 0 fully saturated rings. The molecule has 0 aliphatic carbocycles. The van der Waals surface area contributed by atoms with Gasteiger partial charge in [0.2, 0.25) is 11.8 Å². The molecule has 104 valence electrons. The van der Waals surface area contributed by atoms with Crippen LogP contribution in [-0.2, 0) is 14.4 Å². The highest BCUT2D eigenvalue weighted by atomic mass is 32.1. The van der Waals surface area contributed by atoms with Crippen LogP contribution in [0.5, 0.6) is 0 Å². The van der Waals surface area contributed by atoms with Crippen LogP contribution in [-0.4, -0.2) is 58.5 Å². The maximum Gasteiger partial charge on any atom is 0.322 e. The number of nitrogens with one attached hydrogen (secondary N) is 2. The highest BCUT2D eigenvalue weighted by Gasteiger charge is 2.27. The van der Waals surface area contributed by atoms with Gasteiger partial charge in [0.25, 0.3) is 0 Å². The number of hydrogen-bond donors (Lipinski definition) is 6. The van der Waals surface area contributed by atoms with Gasteiger partial charge in [-0.15, -0.1) is 0 Å². The molecule has 9 heteroatoms. The summed E-state index contributed by atoms with van der Waals surface area (Å²) >= 11 is 3.82. The molecule has 0 aromatic rings. The van der Waals surface area contributed by atoms with Crippen LogP contribution in [0.4, 0.5) is 0 Å². The average Bonchev–Trinajstić information content (AvgIpc) is 2.30. The highest BCUT2D eigenvalue weighted by Crippen LogP contribution is 1.95. The Balaban J connectivity index is 4.52. The van der Waals surface area contributed by atoms with Gasteiger partial charge >= 0.3 is 5.97 Å². The van der Waals surface area contributed by atoms with Crippen LogP contribution in [0.25, 0.3) is 0 Å². The molecule has 2 amide bonds. The van der Waals surface area contributed by atoms with Crippen LogP contribution in [0.2, 0.25) is 0 Å². The zero-order chi connectivity index (χ0) is 14.3. The minimum atomic E-state index is -1.26. The molecule has 0 heterocycles. The largest absolute Gasteiger partial charge is 0.480 e. The summed E-state index contributed by atoms with van der Waals surface area (Å²) in [7, 11) is 0. The van der Waals surface area contributed by atoms with Gasteiger partial charge in [-0.1, -0.05) is 0 Å². The lowest BCUT2D eigenvalue weighted by Crippen LogP contribution is -2.56. The predicted molar refractivity (Wildman–Crippen MR) is 66.1 cm³/mol. The van der Waals surface area contributed by atoms with Crippen LogP contribution < -0.4 is 16.4 Å². The molecule has 0 spiro atoms. The molecule has 0 bridgehead atoms. The molecule has 0 radical (unpaired) electrons. The van der Waals surface area contributed by atoms with Crippen molar-refractivity contribution in [3.05, 3.63) is 0 Å². The Kier molecular flexibility index (Phi) is 7.32. The van der Waals surface area contributed by atoms with E-state index in [1.54, 1.807) is 0 Å². The van der Waals surface area contributed by atoms with Gasteiger partial charge in [0.15, 0.2) is 0 Å². The highest BCUT2D eigenvalue weighted by molar-refractivity contribution is 7.80. The zero-order valence-corrected chi connectivity index (χ0v) is 10.7. The lowest BCUT2D eigenvalue weighted by Gasteiger charge is -2.21. The summed E-state index contributed by atoms with van der Waals surface area (Å²) in [5, 5.41) is 22.0. The lowest BCUT2D eigenvalue weighted by molar-refractivity contribution is -0.139. The Labute approximate surface area is 109 Å². The molecule has 0 aliphatic heterocycles. The Morgan fingerprint density at radius 1 is 1.33 bits per heavy atom. The van der Waals surface area contributed by atoms with Crippen molar-refractivity contribution in [3.8, 4) is 0 Å². The molecular formula is C9H17N3O5S. The van der Waals surface area contributed by atoms with Crippen LogP contribution in [0.3, 0.4) is 0 Å². The van der Waals surface area contributed by atoms with Crippen molar-refractivity contribution in [2.24, 2.45) is 5.73 Å². The van der Waals surface area contributed by atoms with E-state index in [-0.39, 0.29) is 5.75 Å². The summed E-state index contributed by atoms with van der Waals surface area (Å²) in [5.41, 5.74) is 5.39. The number of aliphatic hydroxyl groups is 1. The van der Waals surface area contributed by atoms with Gasteiger partial charge in [-0.3, -0.25) is 14.4 Å². The summed E-state index contributed by atoms with van der Waals surface area (Å²) < 4.78 is 0. The van der Waals surface area contributed by atoms with Crippen molar-refractivity contribution in [3.63, 3.8) is 0 Å². The number of thiol groups is 1. The van der Waals surface area contributed by atoms with Crippen LogP contribution >= 0.6 is 12.6 Å². The van der Waals surface area contributed by atoms with Gasteiger partial charge in [0, 0.05) is 5.75 Å². The van der Waals surface area contributed by atoms with Crippen molar-refractivity contribution < 1.29 is 24.6 Å². The number of hydrogen-bond acceptors (Lipinski definition) is 6. The number of carbonyl (C=O) groups is 3. The van der Waals surface area contributed by atoms with Crippen molar-refractivity contribution in [1.82, 2.24) is 10.6 Å². The summed E-state index contributed by atoms with van der Waals surface area (Å²) in [6.45, 7) is 0.689. The molecule has 0 saturated heterocycles. The number of nitrogens with two attached hydrogens (primary N) is 1. The minimum absolute atomic E-state index is 0.0785. The topological polar surface area (TPSA) is 142 Å². The second-order valence-electron chi connectivity index (χ2n) is 3.63. The fraction of sp³-hybridized carbons (Fsp3) is 0.667. The summed E-state index contributed by atoms with van der Waals surface area (Å²) in [6.07, 6.45) is -1.19. The molecule has 0 aliphatic rings. The fourth-order valence-electron chi connectivity index (χ4n) is 1.02. The molecule has 6 N–H and O–H groups in total. The van der Waals surface area contributed by atoms with Crippen molar-refractivity contribution in [2.45, 2.75) is 25.1 Å². The maximum atomic E-state index is 11.5. The smallest absolute Gasteiger partial charge is 0.322 e. The molecule has 0 aromatic carbocycles. The van der Waals surface area contributed by atoms with E-state index in [4.69, 9.17) is 10.8 Å². The van der Waals surface area contributed by atoms with E-state index < -0.39 is 42.5 Å². The van der Waals surface area contributed by atoms with Crippen LogP contribution in [0, 0.1) is 0 Å². The number of carboxylic acid groups (broad SMARTS) is 1. The maximum absolute atomic E-state index is 11.5. The Hall–Kier alpha value is -1.32. The third kappa shape index (κ3) is 5.84. The van der Waals surface area contributed by atoms with Gasteiger partial charge < -0.3 is 26.6 Å². The molecule has 0 aromatic heterocycles. The minimum Gasteiger partial charge on any atom is -0.480 e. The van der Waals surface area contributed by atoms with E-state index in [0.29, 0.717) is 0 Å². The normalized spacial score (nSPS) is 15.3. The van der Waals surface area contributed by atoms with E-state index in [1.807, 2.05) is 0 Å². The first kappa shape index (κ1) is 16.7. The van der Waals surface area contributed by atoms with Crippen LogP contribution in [0.1, 0.15) is 6.92 Å². The molecule has 3 unspecified atom stereocenters. The van der Waals surface area contributed by atoms with E-state index in [0.717, 1.165) is 0 Å². The third-order valence-electron chi connectivity index (χ3n) is 2.01. The standard InChI is InChI=1S/C9H17N3O5S/c1-4(13)7(9(17)11-2-6(14)15)12-8(16)5(10)3-18/h4-5,7,13,18H,2-3,10H2,1H3,(H,11,17)(H,12,16)(H,14,15). The third-order valence-corrected chi connectivity index (χ3v) is 2.40. The Morgan fingerprint density at radius 3 is 2.28 bits per heavy atom.